The Morgan fingerprint density at radius 1 is 0.706 bits per heavy atom. The zero-order valence-electron chi connectivity index (χ0n) is 10.1. The molecule has 0 heterocycles. The predicted octanol–water partition coefficient (Wildman–Crippen LogP) is 3.65. The van der Waals surface area contributed by atoms with Gasteiger partial charge in [0.05, 0.1) is 0 Å². The number of hydrogen-bond donors (Lipinski definition) is 0. The summed E-state index contributed by atoms with van der Waals surface area (Å²) in [6.07, 6.45) is 6.50. The van der Waals surface area contributed by atoms with Gasteiger partial charge in [0.2, 0.25) is 10.5 Å². The molecule has 0 aromatic rings. The van der Waals surface area contributed by atoms with Crippen molar-refractivity contribution < 1.29 is 14.3 Å². The number of carbonyl (C=O) groups excluding carboxylic acids is 2. The summed E-state index contributed by atoms with van der Waals surface area (Å²) in [7, 11) is 0. The fraction of sp³-hybridized carbons (Fsp3) is 0.833. The van der Waals surface area contributed by atoms with Crippen molar-refractivity contribution in [3.63, 3.8) is 0 Å². The first-order chi connectivity index (χ1) is 8.13. The maximum atomic E-state index is 10.4. The highest BCUT2D eigenvalue weighted by Crippen LogP contribution is 2.05. The average Bonchev–Trinajstić information content (AvgIpc) is 2.25. The molecule has 0 aliphatic rings. The van der Waals surface area contributed by atoms with Gasteiger partial charge < -0.3 is 4.74 Å². The van der Waals surface area contributed by atoms with Crippen molar-refractivity contribution in [3.05, 3.63) is 0 Å². The van der Waals surface area contributed by atoms with Gasteiger partial charge in [0, 0.05) is 26.1 Å². The van der Waals surface area contributed by atoms with Crippen LogP contribution in [0.15, 0.2) is 0 Å². The molecule has 0 spiro atoms. The van der Waals surface area contributed by atoms with Crippen LogP contribution in [-0.2, 0) is 14.3 Å². The van der Waals surface area contributed by atoms with Crippen LogP contribution in [0.5, 0.6) is 0 Å². The lowest BCUT2D eigenvalue weighted by molar-refractivity contribution is -0.112. The van der Waals surface area contributed by atoms with Crippen LogP contribution < -0.4 is 0 Å². The second-order valence-electron chi connectivity index (χ2n) is 3.94. The third-order valence-electron chi connectivity index (χ3n) is 2.32. The highest BCUT2D eigenvalue weighted by atomic mass is 35.5. The lowest BCUT2D eigenvalue weighted by Gasteiger charge is -2.03. The summed E-state index contributed by atoms with van der Waals surface area (Å²) in [6, 6.07) is 0. The molecular formula is C12H20Cl2O3. The van der Waals surface area contributed by atoms with E-state index in [-0.39, 0.29) is 10.5 Å². The van der Waals surface area contributed by atoms with Gasteiger partial charge in [0.1, 0.15) is 0 Å². The molecule has 0 aliphatic carbocycles. The second-order valence-corrected chi connectivity index (χ2v) is 4.79. The van der Waals surface area contributed by atoms with E-state index < -0.39 is 0 Å². The Morgan fingerprint density at radius 2 is 1.12 bits per heavy atom. The molecule has 0 fully saturated rings. The van der Waals surface area contributed by atoms with Crippen LogP contribution in [-0.4, -0.2) is 23.7 Å². The van der Waals surface area contributed by atoms with Gasteiger partial charge in [0.25, 0.3) is 0 Å². The standard InChI is InChI=1S/C12H20Cl2O3/c13-11(15)7-3-1-2-5-9-17-10-6-4-8-12(14)16/h1-10H2. The van der Waals surface area contributed by atoms with Crippen LogP contribution in [0.2, 0.25) is 0 Å². The predicted molar refractivity (Wildman–Crippen MR) is 69.5 cm³/mol. The van der Waals surface area contributed by atoms with Gasteiger partial charge in [-0.25, -0.2) is 0 Å². The molecule has 0 radical (unpaired) electrons. The minimum absolute atomic E-state index is 0.255. The van der Waals surface area contributed by atoms with E-state index in [4.69, 9.17) is 27.9 Å². The van der Waals surface area contributed by atoms with Gasteiger partial charge in [-0.2, -0.15) is 0 Å². The number of hydrogen-bond acceptors (Lipinski definition) is 3. The van der Waals surface area contributed by atoms with E-state index in [9.17, 15) is 9.59 Å². The Labute approximate surface area is 113 Å². The van der Waals surface area contributed by atoms with Crippen molar-refractivity contribution in [1.29, 1.82) is 0 Å². The Balaban J connectivity index is 2.98. The largest absolute Gasteiger partial charge is 0.381 e. The third kappa shape index (κ3) is 15.9. The molecule has 0 amide bonds. The first-order valence-electron chi connectivity index (χ1n) is 6.07. The quantitative estimate of drug-likeness (QED) is 0.405. The number of unbranched alkanes of at least 4 members (excludes halogenated alkanes) is 4. The smallest absolute Gasteiger partial charge is 0.221 e. The summed E-state index contributed by atoms with van der Waals surface area (Å²) in [5, 5.41) is -0.533. The van der Waals surface area contributed by atoms with Gasteiger partial charge in [-0.05, 0) is 48.9 Å². The zero-order valence-corrected chi connectivity index (χ0v) is 11.6. The molecule has 3 nitrogen and oxygen atoms in total. The molecular weight excluding hydrogens is 263 g/mol. The molecule has 0 saturated carbocycles. The van der Waals surface area contributed by atoms with E-state index in [0.717, 1.165) is 45.1 Å². The molecule has 0 rings (SSSR count). The van der Waals surface area contributed by atoms with Crippen LogP contribution in [0.1, 0.15) is 51.4 Å². The highest BCUT2D eigenvalue weighted by molar-refractivity contribution is 6.63. The first-order valence-corrected chi connectivity index (χ1v) is 6.83. The molecule has 0 aromatic carbocycles. The maximum absolute atomic E-state index is 10.4. The lowest BCUT2D eigenvalue weighted by Crippen LogP contribution is -1.98. The molecule has 0 bridgehead atoms. The molecule has 17 heavy (non-hydrogen) atoms. The molecule has 5 heteroatoms. The van der Waals surface area contributed by atoms with Gasteiger partial charge in [-0.1, -0.05) is 12.8 Å². The van der Waals surface area contributed by atoms with E-state index in [1.165, 1.54) is 0 Å². The molecule has 0 aromatic heterocycles. The summed E-state index contributed by atoms with van der Waals surface area (Å²) in [5.74, 6) is 0. The van der Waals surface area contributed by atoms with Crippen LogP contribution in [0.4, 0.5) is 0 Å². The van der Waals surface area contributed by atoms with Crippen molar-refractivity contribution in [3.8, 4) is 0 Å². The average molecular weight is 283 g/mol. The Bertz CT molecular complexity index is 198. The van der Waals surface area contributed by atoms with E-state index in [1.54, 1.807) is 0 Å². The highest BCUT2D eigenvalue weighted by Gasteiger charge is 1.97. The fourth-order valence-corrected chi connectivity index (χ4v) is 1.66. The zero-order chi connectivity index (χ0) is 12.9. The van der Waals surface area contributed by atoms with Gasteiger partial charge in [-0.3, -0.25) is 9.59 Å². The fourth-order valence-electron chi connectivity index (χ4n) is 1.39. The van der Waals surface area contributed by atoms with E-state index >= 15 is 0 Å². The molecule has 0 saturated heterocycles. The monoisotopic (exact) mass is 282 g/mol. The van der Waals surface area contributed by atoms with Crippen molar-refractivity contribution in [2.24, 2.45) is 0 Å². The molecule has 0 N–H and O–H groups in total. The molecule has 0 aliphatic heterocycles. The van der Waals surface area contributed by atoms with Crippen LogP contribution in [0.25, 0.3) is 0 Å². The molecule has 0 unspecified atom stereocenters. The van der Waals surface area contributed by atoms with Gasteiger partial charge in [0.15, 0.2) is 0 Å². The summed E-state index contributed by atoms with van der Waals surface area (Å²) in [4.78, 5) is 20.9. The topological polar surface area (TPSA) is 43.4 Å². The number of carbonyl (C=O) groups is 2. The first kappa shape index (κ1) is 16.9. The SMILES string of the molecule is O=C(Cl)CCCCCCOCCCCC(=O)Cl. The summed E-state index contributed by atoms with van der Waals surface area (Å²) in [6.45, 7) is 1.42. The number of ether oxygens (including phenoxy) is 1. The van der Waals surface area contributed by atoms with Crippen molar-refractivity contribution in [1.82, 2.24) is 0 Å². The van der Waals surface area contributed by atoms with Crippen LogP contribution in [0.3, 0.4) is 0 Å². The van der Waals surface area contributed by atoms with Crippen LogP contribution in [0, 0.1) is 0 Å². The van der Waals surface area contributed by atoms with Gasteiger partial charge >= 0.3 is 0 Å². The minimum Gasteiger partial charge on any atom is -0.381 e. The van der Waals surface area contributed by atoms with E-state index in [0.29, 0.717) is 19.4 Å². The Morgan fingerprint density at radius 3 is 1.65 bits per heavy atom. The Kier molecular flexibility index (Phi) is 12.3. The van der Waals surface area contributed by atoms with Crippen molar-refractivity contribution >= 4 is 33.7 Å². The summed E-state index contributed by atoms with van der Waals surface area (Å²) >= 11 is 10.4. The Hall–Kier alpha value is -0.120. The van der Waals surface area contributed by atoms with Crippen molar-refractivity contribution in [2.75, 3.05) is 13.2 Å². The van der Waals surface area contributed by atoms with Crippen molar-refractivity contribution in [2.45, 2.75) is 51.4 Å². The van der Waals surface area contributed by atoms with E-state index in [1.807, 2.05) is 0 Å². The summed E-state index contributed by atoms with van der Waals surface area (Å²) in [5.41, 5.74) is 0. The molecule has 100 valence electrons. The lowest BCUT2D eigenvalue weighted by atomic mass is 10.2. The normalized spacial score (nSPS) is 10.5. The van der Waals surface area contributed by atoms with Crippen LogP contribution >= 0.6 is 23.2 Å². The number of rotatable bonds is 12. The summed E-state index contributed by atoms with van der Waals surface area (Å²) < 4.78 is 5.40. The number of halogens is 2. The van der Waals surface area contributed by atoms with Gasteiger partial charge in [-0.15, -0.1) is 0 Å². The molecule has 0 atom stereocenters. The van der Waals surface area contributed by atoms with E-state index in [2.05, 4.69) is 0 Å². The maximum Gasteiger partial charge on any atom is 0.221 e. The second kappa shape index (κ2) is 12.3. The third-order valence-corrected chi connectivity index (χ3v) is 2.70. The minimum atomic E-state index is -0.279.